The van der Waals surface area contributed by atoms with Gasteiger partial charge in [-0.2, -0.15) is 0 Å². The number of likely N-dealkylation sites (N-methyl/N-ethyl adjacent to an activating group) is 1. The fourth-order valence-corrected chi connectivity index (χ4v) is 3.44. The van der Waals surface area contributed by atoms with Crippen LogP contribution in [-0.2, 0) is 6.54 Å². The van der Waals surface area contributed by atoms with Gasteiger partial charge in [0, 0.05) is 28.5 Å². The van der Waals surface area contributed by atoms with Crippen LogP contribution < -0.4 is 5.73 Å². The van der Waals surface area contributed by atoms with Gasteiger partial charge in [0.2, 0.25) is 0 Å². The van der Waals surface area contributed by atoms with E-state index in [0.29, 0.717) is 6.54 Å². The first kappa shape index (κ1) is 15.2. The summed E-state index contributed by atoms with van der Waals surface area (Å²) in [6, 6.07) is 10.8. The molecule has 0 fully saturated rings. The molecule has 0 aliphatic carbocycles. The minimum absolute atomic E-state index is 0.279. The maximum absolute atomic E-state index is 6.02. The lowest BCUT2D eigenvalue weighted by atomic mass is 10.2. The number of pyridine rings is 1. The third-order valence-corrected chi connectivity index (χ3v) is 4.57. The van der Waals surface area contributed by atoms with Crippen molar-refractivity contribution in [2.75, 3.05) is 13.1 Å². The molecule has 0 aliphatic heterocycles. The van der Waals surface area contributed by atoms with Gasteiger partial charge in [-0.05, 0) is 44.7 Å². The second kappa shape index (κ2) is 6.97. The second-order valence-electron chi connectivity index (χ2n) is 5.03. The fraction of sp³-hybridized carbons (Fsp3) is 0.438. The molecule has 2 aromatic rings. The molecule has 3 nitrogen and oxygen atoms in total. The lowest BCUT2D eigenvalue weighted by Gasteiger charge is -2.28. The van der Waals surface area contributed by atoms with Gasteiger partial charge in [-0.15, -0.1) is 11.3 Å². The van der Waals surface area contributed by atoms with Crippen LogP contribution in [0.15, 0.2) is 30.3 Å². The molecule has 2 heterocycles. The molecule has 1 atom stereocenters. The Balaban J connectivity index is 2.17. The number of hydrogen-bond acceptors (Lipinski definition) is 4. The number of nitrogens with two attached hydrogens (primary N) is 1. The highest BCUT2D eigenvalue weighted by Gasteiger charge is 2.19. The minimum Gasteiger partial charge on any atom is -0.329 e. The summed E-state index contributed by atoms with van der Waals surface area (Å²) >= 11 is 1.84. The number of aryl methyl sites for hydroxylation is 2. The van der Waals surface area contributed by atoms with E-state index in [1.165, 1.54) is 9.75 Å². The molecule has 4 heteroatoms. The normalized spacial score (nSPS) is 12.8. The topological polar surface area (TPSA) is 42.2 Å². The Kier molecular flexibility index (Phi) is 5.29. The van der Waals surface area contributed by atoms with E-state index < -0.39 is 0 Å². The molecule has 1 unspecified atom stereocenters. The van der Waals surface area contributed by atoms with Crippen LogP contribution in [0.3, 0.4) is 0 Å². The third kappa shape index (κ3) is 3.66. The summed E-state index contributed by atoms with van der Waals surface area (Å²) in [6.45, 7) is 8.80. The van der Waals surface area contributed by atoms with Crippen molar-refractivity contribution in [3.63, 3.8) is 0 Å². The van der Waals surface area contributed by atoms with Gasteiger partial charge < -0.3 is 5.73 Å². The monoisotopic (exact) mass is 289 g/mol. The first-order valence-corrected chi connectivity index (χ1v) is 7.88. The van der Waals surface area contributed by atoms with Crippen molar-refractivity contribution >= 4 is 11.3 Å². The molecule has 0 radical (unpaired) electrons. The zero-order valence-corrected chi connectivity index (χ0v) is 13.3. The SMILES string of the molecule is CCN(Cc1cccc(C)n1)C(CN)c1ccc(C)s1. The summed E-state index contributed by atoms with van der Waals surface area (Å²) in [5.41, 5.74) is 8.19. The van der Waals surface area contributed by atoms with E-state index in [1.807, 2.05) is 24.3 Å². The lowest BCUT2D eigenvalue weighted by molar-refractivity contribution is 0.204. The summed E-state index contributed by atoms with van der Waals surface area (Å²) in [7, 11) is 0. The van der Waals surface area contributed by atoms with Gasteiger partial charge in [-0.1, -0.05) is 13.0 Å². The Morgan fingerprint density at radius 2 is 2.05 bits per heavy atom. The molecular formula is C16H23N3S. The molecule has 2 N–H and O–H groups in total. The minimum atomic E-state index is 0.279. The first-order chi connectivity index (χ1) is 9.63. The first-order valence-electron chi connectivity index (χ1n) is 7.07. The standard InChI is InChI=1S/C16H23N3S/c1-4-19(11-14-7-5-6-12(2)18-14)15(10-17)16-9-8-13(3)20-16/h5-9,15H,4,10-11,17H2,1-3H3. The van der Waals surface area contributed by atoms with Gasteiger partial charge in [0.1, 0.15) is 0 Å². The van der Waals surface area contributed by atoms with Crippen molar-refractivity contribution in [3.05, 3.63) is 51.5 Å². The quantitative estimate of drug-likeness (QED) is 0.887. The molecule has 2 rings (SSSR count). The van der Waals surface area contributed by atoms with Gasteiger partial charge in [0.15, 0.2) is 0 Å². The fourth-order valence-electron chi connectivity index (χ4n) is 2.42. The summed E-state index contributed by atoms with van der Waals surface area (Å²) in [5.74, 6) is 0. The number of nitrogens with zero attached hydrogens (tertiary/aromatic N) is 2. The van der Waals surface area contributed by atoms with Crippen LogP contribution in [0.25, 0.3) is 0 Å². The average molecular weight is 289 g/mol. The van der Waals surface area contributed by atoms with Crippen LogP contribution in [-0.4, -0.2) is 23.0 Å². The molecule has 2 aromatic heterocycles. The molecule has 0 spiro atoms. The van der Waals surface area contributed by atoms with Gasteiger partial charge in [0.25, 0.3) is 0 Å². The van der Waals surface area contributed by atoms with Gasteiger partial charge in [-0.25, -0.2) is 0 Å². The molecule has 108 valence electrons. The zero-order valence-electron chi connectivity index (χ0n) is 12.5. The van der Waals surface area contributed by atoms with Crippen LogP contribution in [0.4, 0.5) is 0 Å². The molecule has 0 bridgehead atoms. The smallest absolute Gasteiger partial charge is 0.0567 e. The van der Waals surface area contributed by atoms with E-state index in [-0.39, 0.29) is 6.04 Å². The second-order valence-corrected chi connectivity index (χ2v) is 6.35. The Labute approximate surface area is 125 Å². The molecular weight excluding hydrogens is 266 g/mol. The lowest BCUT2D eigenvalue weighted by Crippen LogP contribution is -2.33. The zero-order chi connectivity index (χ0) is 14.5. The van der Waals surface area contributed by atoms with Crippen LogP contribution in [0.1, 0.15) is 34.1 Å². The number of aromatic nitrogens is 1. The molecule has 0 saturated carbocycles. The predicted molar refractivity (Wildman–Crippen MR) is 85.9 cm³/mol. The van der Waals surface area contributed by atoms with Crippen molar-refractivity contribution in [2.24, 2.45) is 5.73 Å². The van der Waals surface area contributed by atoms with E-state index >= 15 is 0 Å². The van der Waals surface area contributed by atoms with Crippen molar-refractivity contribution < 1.29 is 0 Å². The number of thiophene rings is 1. The highest BCUT2D eigenvalue weighted by atomic mass is 32.1. The molecule has 0 aromatic carbocycles. The van der Waals surface area contributed by atoms with Crippen molar-refractivity contribution in [3.8, 4) is 0 Å². The highest BCUT2D eigenvalue weighted by Crippen LogP contribution is 2.27. The van der Waals surface area contributed by atoms with Crippen LogP contribution in [0.2, 0.25) is 0 Å². The van der Waals surface area contributed by atoms with Gasteiger partial charge in [0.05, 0.1) is 11.7 Å². The molecule has 0 aliphatic rings. The van der Waals surface area contributed by atoms with Gasteiger partial charge >= 0.3 is 0 Å². The van der Waals surface area contributed by atoms with Crippen LogP contribution in [0, 0.1) is 13.8 Å². The van der Waals surface area contributed by atoms with Crippen molar-refractivity contribution in [1.82, 2.24) is 9.88 Å². The number of rotatable bonds is 6. The summed E-state index contributed by atoms with van der Waals surface area (Å²) in [5, 5.41) is 0. The molecule has 0 saturated heterocycles. The Bertz CT molecular complexity index is 550. The van der Waals surface area contributed by atoms with Crippen molar-refractivity contribution in [1.29, 1.82) is 0 Å². The van der Waals surface area contributed by atoms with E-state index in [1.54, 1.807) is 0 Å². The Morgan fingerprint density at radius 1 is 1.25 bits per heavy atom. The van der Waals surface area contributed by atoms with E-state index in [0.717, 1.165) is 24.5 Å². The molecule has 20 heavy (non-hydrogen) atoms. The van der Waals surface area contributed by atoms with Crippen LogP contribution in [0.5, 0.6) is 0 Å². The van der Waals surface area contributed by atoms with Gasteiger partial charge in [-0.3, -0.25) is 9.88 Å². The van der Waals surface area contributed by atoms with E-state index in [4.69, 9.17) is 5.73 Å². The predicted octanol–water partition coefficient (Wildman–Crippen LogP) is 3.28. The highest BCUT2D eigenvalue weighted by molar-refractivity contribution is 7.12. The maximum Gasteiger partial charge on any atom is 0.0567 e. The van der Waals surface area contributed by atoms with Crippen molar-refractivity contribution in [2.45, 2.75) is 33.4 Å². The maximum atomic E-state index is 6.02. The Hall–Kier alpha value is -1.23. The average Bonchev–Trinajstić information content (AvgIpc) is 2.85. The van der Waals surface area contributed by atoms with E-state index in [2.05, 4.69) is 48.0 Å². The Morgan fingerprint density at radius 3 is 2.60 bits per heavy atom. The summed E-state index contributed by atoms with van der Waals surface area (Å²) in [4.78, 5) is 9.68. The summed E-state index contributed by atoms with van der Waals surface area (Å²) in [6.07, 6.45) is 0. The third-order valence-electron chi connectivity index (χ3n) is 3.47. The van der Waals surface area contributed by atoms with E-state index in [9.17, 15) is 0 Å². The largest absolute Gasteiger partial charge is 0.329 e. The summed E-state index contributed by atoms with van der Waals surface area (Å²) < 4.78 is 0. The van der Waals surface area contributed by atoms with Crippen LogP contribution >= 0.6 is 11.3 Å². The number of hydrogen-bond donors (Lipinski definition) is 1. The molecule has 0 amide bonds.